The predicted octanol–water partition coefficient (Wildman–Crippen LogP) is 3.01. The van der Waals surface area contributed by atoms with Crippen LogP contribution in [0.1, 0.15) is 16.7 Å². The molecular formula is C18H23N3. The largest absolute Gasteiger partial charge is 0.384 e. The van der Waals surface area contributed by atoms with Gasteiger partial charge in [-0.15, -0.1) is 0 Å². The van der Waals surface area contributed by atoms with E-state index in [2.05, 4.69) is 72.1 Å². The minimum Gasteiger partial charge on any atom is -0.384 e. The molecule has 0 spiro atoms. The molecule has 3 heteroatoms. The van der Waals surface area contributed by atoms with Crippen molar-refractivity contribution in [2.24, 2.45) is 0 Å². The molecule has 0 amide bonds. The number of para-hydroxylation sites is 1. The van der Waals surface area contributed by atoms with Gasteiger partial charge in [0.05, 0.1) is 0 Å². The molecule has 2 N–H and O–H groups in total. The van der Waals surface area contributed by atoms with Crippen LogP contribution in [-0.2, 0) is 19.5 Å². The first-order chi connectivity index (χ1) is 10.2. The van der Waals surface area contributed by atoms with Gasteiger partial charge in [-0.1, -0.05) is 30.3 Å². The monoisotopic (exact) mass is 281 g/mol. The third kappa shape index (κ3) is 3.19. The van der Waals surface area contributed by atoms with Crippen molar-refractivity contribution in [2.75, 3.05) is 30.9 Å². The van der Waals surface area contributed by atoms with Crippen LogP contribution in [0.3, 0.4) is 0 Å². The Hall–Kier alpha value is -2.00. The maximum atomic E-state index is 3.54. The van der Waals surface area contributed by atoms with Crippen molar-refractivity contribution < 1.29 is 0 Å². The summed E-state index contributed by atoms with van der Waals surface area (Å²) in [6.07, 6.45) is 1.15. The molecule has 2 aromatic rings. The number of fused-ring (bicyclic) bond motifs is 1. The fourth-order valence-corrected chi connectivity index (χ4v) is 2.81. The molecule has 0 aromatic heterocycles. The van der Waals surface area contributed by atoms with Gasteiger partial charge in [-0.3, -0.25) is 0 Å². The van der Waals surface area contributed by atoms with Gasteiger partial charge in [0.25, 0.3) is 0 Å². The zero-order valence-electron chi connectivity index (χ0n) is 12.8. The van der Waals surface area contributed by atoms with E-state index >= 15 is 0 Å². The summed E-state index contributed by atoms with van der Waals surface area (Å²) in [7, 11) is 4.13. The molecule has 1 aliphatic heterocycles. The van der Waals surface area contributed by atoms with Gasteiger partial charge in [0.2, 0.25) is 0 Å². The van der Waals surface area contributed by atoms with E-state index in [-0.39, 0.29) is 0 Å². The SMILES string of the molecule is CN(C)c1ccc(CNCc2cccc3c2NCC3)cc1. The first-order valence-corrected chi connectivity index (χ1v) is 7.55. The summed E-state index contributed by atoms with van der Waals surface area (Å²) >= 11 is 0. The van der Waals surface area contributed by atoms with Crippen LogP contribution in [0.4, 0.5) is 11.4 Å². The fraction of sp³-hybridized carbons (Fsp3) is 0.333. The number of rotatable bonds is 5. The molecule has 1 heterocycles. The average Bonchev–Trinajstić information content (AvgIpc) is 2.97. The van der Waals surface area contributed by atoms with Crippen LogP contribution in [-0.4, -0.2) is 20.6 Å². The minimum absolute atomic E-state index is 0.900. The second-order valence-electron chi connectivity index (χ2n) is 5.79. The number of benzene rings is 2. The second kappa shape index (κ2) is 6.19. The number of nitrogens with one attached hydrogen (secondary N) is 2. The summed E-state index contributed by atoms with van der Waals surface area (Å²) in [6.45, 7) is 2.88. The Morgan fingerprint density at radius 3 is 2.62 bits per heavy atom. The molecule has 0 unspecified atom stereocenters. The number of anilines is 2. The highest BCUT2D eigenvalue weighted by Crippen LogP contribution is 2.26. The molecule has 110 valence electrons. The van der Waals surface area contributed by atoms with E-state index < -0.39 is 0 Å². The number of hydrogen-bond donors (Lipinski definition) is 2. The third-order valence-electron chi connectivity index (χ3n) is 4.03. The summed E-state index contributed by atoms with van der Waals surface area (Å²) in [4.78, 5) is 2.12. The molecule has 0 saturated carbocycles. The van der Waals surface area contributed by atoms with Crippen molar-refractivity contribution in [2.45, 2.75) is 19.5 Å². The van der Waals surface area contributed by atoms with E-state index in [1.807, 2.05) is 0 Å². The molecular weight excluding hydrogens is 258 g/mol. The molecule has 21 heavy (non-hydrogen) atoms. The predicted molar refractivity (Wildman–Crippen MR) is 89.9 cm³/mol. The molecule has 0 fully saturated rings. The van der Waals surface area contributed by atoms with Crippen molar-refractivity contribution in [3.05, 3.63) is 59.2 Å². The highest BCUT2D eigenvalue weighted by molar-refractivity contribution is 5.61. The minimum atomic E-state index is 0.900. The van der Waals surface area contributed by atoms with Crippen molar-refractivity contribution in [1.82, 2.24) is 5.32 Å². The van der Waals surface area contributed by atoms with E-state index in [0.717, 1.165) is 26.1 Å². The Morgan fingerprint density at radius 2 is 1.86 bits per heavy atom. The Morgan fingerprint density at radius 1 is 1.05 bits per heavy atom. The van der Waals surface area contributed by atoms with E-state index in [4.69, 9.17) is 0 Å². The lowest BCUT2D eigenvalue weighted by atomic mass is 10.1. The molecule has 0 bridgehead atoms. The Bertz CT molecular complexity index is 602. The first kappa shape index (κ1) is 14.0. The molecule has 2 aromatic carbocycles. The van der Waals surface area contributed by atoms with Gasteiger partial charge in [0, 0.05) is 45.1 Å². The summed E-state index contributed by atoms with van der Waals surface area (Å²) in [6, 6.07) is 15.3. The van der Waals surface area contributed by atoms with Gasteiger partial charge in [0.1, 0.15) is 0 Å². The zero-order chi connectivity index (χ0) is 14.7. The van der Waals surface area contributed by atoms with Crippen LogP contribution in [0.5, 0.6) is 0 Å². The van der Waals surface area contributed by atoms with Crippen molar-refractivity contribution >= 4 is 11.4 Å². The normalized spacial score (nSPS) is 12.9. The number of nitrogens with zero attached hydrogens (tertiary/aromatic N) is 1. The summed E-state index contributed by atoms with van der Waals surface area (Å²) in [5, 5.41) is 7.03. The van der Waals surface area contributed by atoms with E-state index in [1.54, 1.807) is 0 Å². The molecule has 0 radical (unpaired) electrons. The summed E-state index contributed by atoms with van der Waals surface area (Å²) in [5.74, 6) is 0. The zero-order valence-corrected chi connectivity index (χ0v) is 12.8. The molecule has 1 aliphatic rings. The van der Waals surface area contributed by atoms with Crippen LogP contribution in [0.2, 0.25) is 0 Å². The standard InChI is InChI=1S/C18H23N3/c1-21(2)17-8-6-14(7-9-17)12-19-13-16-5-3-4-15-10-11-20-18(15)16/h3-9,19-20H,10-13H2,1-2H3. The van der Waals surface area contributed by atoms with Gasteiger partial charge < -0.3 is 15.5 Å². The molecule has 3 nitrogen and oxygen atoms in total. The lowest BCUT2D eigenvalue weighted by molar-refractivity contribution is 0.694. The quantitative estimate of drug-likeness (QED) is 0.882. The van der Waals surface area contributed by atoms with Crippen molar-refractivity contribution in [3.8, 4) is 0 Å². The maximum Gasteiger partial charge on any atom is 0.0419 e. The van der Waals surface area contributed by atoms with Crippen molar-refractivity contribution in [3.63, 3.8) is 0 Å². The Kier molecular flexibility index (Phi) is 4.11. The van der Waals surface area contributed by atoms with E-state index in [0.29, 0.717) is 0 Å². The van der Waals surface area contributed by atoms with Gasteiger partial charge in [-0.25, -0.2) is 0 Å². The highest BCUT2D eigenvalue weighted by Gasteiger charge is 2.12. The molecule has 0 aliphatic carbocycles. The van der Waals surface area contributed by atoms with Crippen LogP contribution < -0.4 is 15.5 Å². The van der Waals surface area contributed by atoms with Crippen LogP contribution in [0.15, 0.2) is 42.5 Å². The maximum absolute atomic E-state index is 3.54. The smallest absolute Gasteiger partial charge is 0.0419 e. The first-order valence-electron chi connectivity index (χ1n) is 7.55. The lowest BCUT2D eigenvalue weighted by Gasteiger charge is -2.13. The summed E-state index contributed by atoms with van der Waals surface area (Å²) < 4.78 is 0. The lowest BCUT2D eigenvalue weighted by Crippen LogP contribution is -2.14. The van der Waals surface area contributed by atoms with Crippen molar-refractivity contribution in [1.29, 1.82) is 0 Å². The highest BCUT2D eigenvalue weighted by atomic mass is 15.1. The molecule has 3 rings (SSSR count). The fourth-order valence-electron chi connectivity index (χ4n) is 2.81. The van der Waals surface area contributed by atoms with Gasteiger partial charge in [-0.2, -0.15) is 0 Å². The number of hydrogen-bond acceptors (Lipinski definition) is 3. The third-order valence-corrected chi connectivity index (χ3v) is 4.03. The Balaban J connectivity index is 1.58. The molecule has 0 atom stereocenters. The van der Waals surface area contributed by atoms with Crippen LogP contribution >= 0.6 is 0 Å². The van der Waals surface area contributed by atoms with Gasteiger partial charge in [0.15, 0.2) is 0 Å². The van der Waals surface area contributed by atoms with Gasteiger partial charge in [-0.05, 0) is 35.2 Å². The molecule has 0 saturated heterocycles. The van der Waals surface area contributed by atoms with E-state index in [9.17, 15) is 0 Å². The van der Waals surface area contributed by atoms with E-state index in [1.165, 1.54) is 28.1 Å². The van der Waals surface area contributed by atoms with Gasteiger partial charge >= 0.3 is 0 Å². The summed E-state index contributed by atoms with van der Waals surface area (Å²) in [5.41, 5.74) is 6.72. The second-order valence-corrected chi connectivity index (χ2v) is 5.79. The topological polar surface area (TPSA) is 27.3 Å². The van der Waals surface area contributed by atoms with Crippen LogP contribution in [0, 0.1) is 0 Å². The average molecular weight is 281 g/mol. The Labute approximate surface area is 127 Å². The van der Waals surface area contributed by atoms with Crippen LogP contribution in [0.25, 0.3) is 0 Å².